The maximum Gasteiger partial charge on any atom is 0.319 e. The lowest BCUT2D eigenvalue weighted by molar-refractivity contribution is -0.142. The van der Waals surface area contributed by atoms with E-state index in [4.69, 9.17) is 0 Å². The average Bonchev–Trinajstić information content (AvgIpc) is 2.43. The third kappa shape index (κ3) is 4.72. The molecule has 19 heavy (non-hydrogen) atoms. The van der Waals surface area contributed by atoms with Gasteiger partial charge >= 0.3 is 5.97 Å². The second kappa shape index (κ2) is 7.55. The fourth-order valence-corrected chi connectivity index (χ4v) is 1.83. The van der Waals surface area contributed by atoms with Gasteiger partial charge in [-0.05, 0) is 19.4 Å². The number of carbonyl (C=O) groups excluding carboxylic acids is 1. The Morgan fingerprint density at radius 3 is 2.47 bits per heavy atom. The largest absolute Gasteiger partial charge is 0.468 e. The summed E-state index contributed by atoms with van der Waals surface area (Å²) in [6.07, 6.45) is 0. The number of carbonyl (C=O) groups is 1. The van der Waals surface area contributed by atoms with Gasteiger partial charge in [0.15, 0.2) is 0 Å². The Balaban J connectivity index is 2.77. The molecule has 4 heteroatoms. The number of hydrogen-bond acceptors (Lipinski definition) is 4. The van der Waals surface area contributed by atoms with Crippen molar-refractivity contribution in [2.45, 2.75) is 25.8 Å². The maximum atomic E-state index is 11.4. The SMILES string of the molecule is COC(=O)CN(CC(C#N)c1ccccc1)C(C)C. The van der Waals surface area contributed by atoms with Crippen LogP contribution in [0.15, 0.2) is 30.3 Å². The van der Waals surface area contributed by atoms with Gasteiger partial charge in [0.05, 0.1) is 25.6 Å². The summed E-state index contributed by atoms with van der Waals surface area (Å²) >= 11 is 0. The second-order valence-corrected chi connectivity index (χ2v) is 4.69. The lowest BCUT2D eigenvalue weighted by Crippen LogP contribution is -2.38. The van der Waals surface area contributed by atoms with Crippen LogP contribution in [0.3, 0.4) is 0 Å². The first kappa shape index (κ1) is 15.2. The molecule has 1 aromatic rings. The molecular weight excluding hydrogens is 240 g/mol. The lowest BCUT2D eigenvalue weighted by Gasteiger charge is -2.27. The molecule has 102 valence electrons. The van der Waals surface area contributed by atoms with Gasteiger partial charge in [-0.15, -0.1) is 0 Å². The van der Waals surface area contributed by atoms with Crippen molar-refractivity contribution < 1.29 is 9.53 Å². The van der Waals surface area contributed by atoms with E-state index in [1.807, 2.05) is 49.1 Å². The van der Waals surface area contributed by atoms with Gasteiger partial charge < -0.3 is 4.74 Å². The number of rotatable bonds is 6. The van der Waals surface area contributed by atoms with Gasteiger partial charge in [0, 0.05) is 12.6 Å². The molecule has 0 saturated carbocycles. The van der Waals surface area contributed by atoms with Crippen molar-refractivity contribution in [1.29, 1.82) is 5.26 Å². The van der Waals surface area contributed by atoms with E-state index in [2.05, 4.69) is 10.8 Å². The molecule has 1 unspecified atom stereocenters. The molecule has 1 atom stereocenters. The van der Waals surface area contributed by atoms with Gasteiger partial charge in [-0.1, -0.05) is 30.3 Å². The Morgan fingerprint density at radius 1 is 1.37 bits per heavy atom. The summed E-state index contributed by atoms with van der Waals surface area (Å²) in [6.45, 7) is 4.73. The molecule has 1 rings (SSSR count). The van der Waals surface area contributed by atoms with Gasteiger partial charge in [-0.2, -0.15) is 5.26 Å². The van der Waals surface area contributed by atoms with Crippen LogP contribution in [-0.2, 0) is 9.53 Å². The number of nitriles is 1. The van der Waals surface area contributed by atoms with Crippen LogP contribution in [0.5, 0.6) is 0 Å². The summed E-state index contributed by atoms with van der Waals surface area (Å²) in [5.41, 5.74) is 0.973. The van der Waals surface area contributed by atoms with E-state index < -0.39 is 0 Å². The molecule has 0 bridgehead atoms. The summed E-state index contributed by atoms with van der Waals surface area (Å²) < 4.78 is 4.69. The average molecular weight is 260 g/mol. The zero-order valence-electron chi connectivity index (χ0n) is 11.7. The minimum atomic E-state index is -0.279. The quantitative estimate of drug-likeness (QED) is 0.736. The normalized spacial score (nSPS) is 12.2. The fourth-order valence-electron chi connectivity index (χ4n) is 1.83. The van der Waals surface area contributed by atoms with E-state index in [0.717, 1.165) is 5.56 Å². The summed E-state index contributed by atoms with van der Waals surface area (Å²) in [4.78, 5) is 13.3. The van der Waals surface area contributed by atoms with Gasteiger partial charge in [0.2, 0.25) is 0 Å². The smallest absolute Gasteiger partial charge is 0.319 e. The first-order chi connectivity index (χ1) is 9.08. The van der Waals surface area contributed by atoms with Crippen LogP contribution in [0.25, 0.3) is 0 Å². The molecule has 0 amide bonds. The van der Waals surface area contributed by atoms with Crippen LogP contribution in [0.1, 0.15) is 25.3 Å². The van der Waals surface area contributed by atoms with E-state index >= 15 is 0 Å². The molecule has 4 nitrogen and oxygen atoms in total. The van der Waals surface area contributed by atoms with E-state index in [-0.39, 0.29) is 24.5 Å². The molecular formula is C15H20N2O2. The number of methoxy groups -OCH3 is 1. The number of benzene rings is 1. The highest BCUT2D eigenvalue weighted by Crippen LogP contribution is 2.17. The molecule has 0 aromatic heterocycles. The van der Waals surface area contributed by atoms with E-state index in [9.17, 15) is 10.1 Å². The van der Waals surface area contributed by atoms with E-state index in [1.165, 1.54) is 7.11 Å². The maximum absolute atomic E-state index is 11.4. The Hall–Kier alpha value is -1.86. The van der Waals surface area contributed by atoms with Crippen molar-refractivity contribution in [3.63, 3.8) is 0 Å². The van der Waals surface area contributed by atoms with Crippen molar-refractivity contribution in [2.24, 2.45) is 0 Å². The fraction of sp³-hybridized carbons (Fsp3) is 0.467. The molecule has 0 aliphatic heterocycles. The Morgan fingerprint density at radius 2 is 2.00 bits per heavy atom. The van der Waals surface area contributed by atoms with Crippen LogP contribution in [0.4, 0.5) is 0 Å². The number of esters is 1. The first-order valence-corrected chi connectivity index (χ1v) is 6.34. The highest BCUT2D eigenvalue weighted by Gasteiger charge is 2.20. The van der Waals surface area contributed by atoms with Gasteiger partial charge in [0.25, 0.3) is 0 Å². The van der Waals surface area contributed by atoms with Crippen molar-refractivity contribution >= 4 is 5.97 Å². The van der Waals surface area contributed by atoms with E-state index in [0.29, 0.717) is 6.54 Å². The predicted octanol–water partition coefficient (Wildman–Crippen LogP) is 2.18. The van der Waals surface area contributed by atoms with Crippen LogP contribution >= 0.6 is 0 Å². The van der Waals surface area contributed by atoms with Crippen molar-refractivity contribution in [2.75, 3.05) is 20.2 Å². The summed E-state index contributed by atoms with van der Waals surface area (Å²) in [5.74, 6) is -0.522. The molecule has 0 heterocycles. The minimum Gasteiger partial charge on any atom is -0.468 e. The van der Waals surface area contributed by atoms with Gasteiger partial charge in [-0.3, -0.25) is 9.69 Å². The zero-order valence-corrected chi connectivity index (χ0v) is 11.7. The second-order valence-electron chi connectivity index (χ2n) is 4.69. The molecule has 0 aliphatic rings. The summed E-state index contributed by atoms with van der Waals surface area (Å²) in [7, 11) is 1.37. The Bertz CT molecular complexity index is 437. The Kier molecular flexibility index (Phi) is 6.04. The summed E-state index contributed by atoms with van der Waals surface area (Å²) in [5, 5.41) is 9.31. The van der Waals surface area contributed by atoms with Crippen molar-refractivity contribution in [3.8, 4) is 6.07 Å². The molecule has 0 aliphatic carbocycles. The number of ether oxygens (including phenoxy) is 1. The van der Waals surface area contributed by atoms with Crippen LogP contribution < -0.4 is 0 Å². The minimum absolute atomic E-state index is 0.179. The van der Waals surface area contributed by atoms with Crippen LogP contribution in [0.2, 0.25) is 0 Å². The van der Waals surface area contributed by atoms with Crippen molar-refractivity contribution in [3.05, 3.63) is 35.9 Å². The molecule has 0 fully saturated rings. The molecule has 0 N–H and O–H groups in total. The number of hydrogen-bond donors (Lipinski definition) is 0. The first-order valence-electron chi connectivity index (χ1n) is 6.34. The molecule has 0 spiro atoms. The van der Waals surface area contributed by atoms with Crippen LogP contribution in [-0.4, -0.2) is 37.1 Å². The number of nitrogens with zero attached hydrogens (tertiary/aromatic N) is 2. The topological polar surface area (TPSA) is 53.3 Å². The van der Waals surface area contributed by atoms with Crippen molar-refractivity contribution in [1.82, 2.24) is 4.90 Å². The predicted molar refractivity (Wildman–Crippen MR) is 73.5 cm³/mol. The third-order valence-corrected chi connectivity index (χ3v) is 3.07. The standard InChI is InChI=1S/C15H20N2O2/c1-12(2)17(11-15(18)19-3)10-14(9-16)13-7-5-4-6-8-13/h4-8,12,14H,10-11H2,1-3H3. The lowest BCUT2D eigenvalue weighted by atomic mass is 9.99. The molecule has 0 saturated heterocycles. The Labute approximate surface area is 114 Å². The van der Waals surface area contributed by atoms with Crippen LogP contribution in [0, 0.1) is 11.3 Å². The monoisotopic (exact) mass is 260 g/mol. The highest BCUT2D eigenvalue weighted by atomic mass is 16.5. The molecule has 1 aromatic carbocycles. The molecule has 0 radical (unpaired) electrons. The van der Waals surface area contributed by atoms with Gasteiger partial charge in [0.1, 0.15) is 0 Å². The zero-order chi connectivity index (χ0) is 14.3. The summed E-state index contributed by atoms with van der Waals surface area (Å²) in [6, 6.07) is 12.1. The van der Waals surface area contributed by atoms with E-state index in [1.54, 1.807) is 0 Å². The van der Waals surface area contributed by atoms with Gasteiger partial charge in [-0.25, -0.2) is 0 Å². The third-order valence-electron chi connectivity index (χ3n) is 3.07. The highest BCUT2D eigenvalue weighted by molar-refractivity contribution is 5.71.